The average molecular weight is 272 g/mol. The molecule has 2 heterocycles. The van der Waals surface area contributed by atoms with Gasteiger partial charge in [0.05, 0.1) is 16.8 Å². The van der Waals surface area contributed by atoms with Crippen molar-refractivity contribution in [3.8, 4) is 0 Å². The van der Waals surface area contributed by atoms with Crippen LogP contribution >= 0.6 is 11.3 Å². The third kappa shape index (κ3) is 2.13. The van der Waals surface area contributed by atoms with E-state index in [1.807, 2.05) is 30.3 Å². The fourth-order valence-electron chi connectivity index (χ4n) is 2.14. The lowest BCUT2D eigenvalue weighted by Gasteiger charge is -2.04. The molecule has 0 saturated carbocycles. The number of nitrogens with zero attached hydrogens (tertiary/aromatic N) is 2. The van der Waals surface area contributed by atoms with Crippen molar-refractivity contribution >= 4 is 27.5 Å². The summed E-state index contributed by atoms with van der Waals surface area (Å²) in [5, 5.41) is 10.1. The molecule has 0 spiro atoms. The van der Waals surface area contributed by atoms with Gasteiger partial charge in [0, 0.05) is 6.20 Å². The van der Waals surface area contributed by atoms with E-state index in [2.05, 4.69) is 4.98 Å². The topological polar surface area (TPSA) is 55.1 Å². The zero-order valence-electron chi connectivity index (χ0n) is 10.3. The van der Waals surface area contributed by atoms with E-state index < -0.39 is 5.97 Å². The molecule has 19 heavy (non-hydrogen) atoms. The van der Waals surface area contributed by atoms with Crippen molar-refractivity contribution in [3.63, 3.8) is 0 Å². The highest BCUT2D eigenvalue weighted by atomic mass is 32.1. The van der Waals surface area contributed by atoms with Crippen molar-refractivity contribution in [1.29, 1.82) is 0 Å². The molecule has 0 aliphatic heterocycles. The first kappa shape index (κ1) is 11.9. The van der Waals surface area contributed by atoms with E-state index in [-0.39, 0.29) is 0 Å². The lowest BCUT2D eigenvalue weighted by Crippen LogP contribution is -2.09. The molecular formula is C14H12N2O2S. The molecule has 0 fully saturated rings. The van der Waals surface area contributed by atoms with Gasteiger partial charge >= 0.3 is 5.97 Å². The van der Waals surface area contributed by atoms with Crippen LogP contribution in [0.5, 0.6) is 0 Å². The number of fused-ring (bicyclic) bond motifs is 1. The van der Waals surface area contributed by atoms with Gasteiger partial charge in [0.2, 0.25) is 0 Å². The summed E-state index contributed by atoms with van der Waals surface area (Å²) in [6, 6.07) is 9.74. The van der Waals surface area contributed by atoms with Gasteiger partial charge in [-0.05, 0) is 30.7 Å². The number of benzene rings is 1. The minimum absolute atomic E-state index is 0.333. The molecule has 0 saturated heterocycles. The maximum absolute atomic E-state index is 11.2. The normalized spacial score (nSPS) is 11.0. The van der Waals surface area contributed by atoms with Crippen LogP contribution in [0.4, 0.5) is 0 Å². The summed E-state index contributed by atoms with van der Waals surface area (Å²) < 4.78 is 2.85. The minimum Gasteiger partial charge on any atom is -0.477 e. The first-order chi connectivity index (χ1) is 9.15. The number of rotatable bonds is 3. The van der Waals surface area contributed by atoms with Crippen molar-refractivity contribution in [2.45, 2.75) is 13.5 Å². The molecule has 0 aliphatic rings. The Hall–Kier alpha value is -2.14. The fraction of sp³-hybridized carbons (Fsp3) is 0.143. The SMILES string of the molecule is Cc1ccn(Cc2nc3ccccc3s2)c1C(=O)O. The predicted octanol–water partition coefficient (Wildman–Crippen LogP) is 3.15. The largest absolute Gasteiger partial charge is 0.477 e. The van der Waals surface area contributed by atoms with Crippen molar-refractivity contribution in [2.24, 2.45) is 0 Å². The number of aryl methyl sites for hydroxylation is 1. The molecule has 0 amide bonds. The minimum atomic E-state index is -0.899. The Bertz CT molecular complexity index is 725. The molecule has 0 bridgehead atoms. The van der Waals surface area contributed by atoms with Gasteiger partial charge in [-0.3, -0.25) is 0 Å². The molecule has 2 aromatic heterocycles. The molecule has 0 aliphatic carbocycles. The van der Waals surface area contributed by atoms with E-state index in [1.54, 1.807) is 29.0 Å². The summed E-state index contributed by atoms with van der Waals surface area (Å²) >= 11 is 1.60. The highest BCUT2D eigenvalue weighted by Crippen LogP contribution is 2.23. The standard InChI is InChI=1S/C14H12N2O2S/c1-9-6-7-16(13(9)14(17)18)8-12-15-10-4-2-3-5-11(10)19-12/h2-7H,8H2,1H3,(H,17,18). The number of thiazole rings is 1. The highest BCUT2D eigenvalue weighted by molar-refractivity contribution is 7.18. The van der Waals surface area contributed by atoms with Crippen LogP contribution in [-0.2, 0) is 6.54 Å². The Kier molecular flexibility index (Phi) is 2.83. The molecule has 3 rings (SSSR count). The summed E-state index contributed by atoms with van der Waals surface area (Å²) in [5.41, 5.74) is 2.07. The van der Waals surface area contributed by atoms with Crippen LogP contribution in [0, 0.1) is 6.92 Å². The molecule has 5 heteroatoms. The Morgan fingerprint density at radius 2 is 2.16 bits per heavy atom. The molecular weight excluding hydrogens is 260 g/mol. The zero-order valence-corrected chi connectivity index (χ0v) is 11.1. The molecule has 4 nitrogen and oxygen atoms in total. The van der Waals surface area contributed by atoms with Crippen LogP contribution in [0.1, 0.15) is 21.1 Å². The molecule has 96 valence electrons. The maximum atomic E-state index is 11.2. The van der Waals surface area contributed by atoms with Crippen molar-refractivity contribution in [3.05, 3.63) is 52.8 Å². The van der Waals surface area contributed by atoms with Gasteiger partial charge in [-0.1, -0.05) is 12.1 Å². The van der Waals surface area contributed by atoms with E-state index in [1.165, 1.54) is 0 Å². The molecule has 1 N–H and O–H groups in total. The quantitative estimate of drug-likeness (QED) is 0.796. The second-order valence-corrected chi connectivity index (χ2v) is 5.47. The fourth-order valence-corrected chi connectivity index (χ4v) is 3.10. The van der Waals surface area contributed by atoms with Crippen LogP contribution in [0.2, 0.25) is 0 Å². The van der Waals surface area contributed by atoms with Gasteiger partial charge < -0.3 is 9.67 Å². The highest BCUT2D eigenvalue weighted by Gasteiger charge is 2.14. The number of aromatic nitrogens is 2. The van der Waals surface area contributed by atoms with Gasteiger partial charge in [-0.2, -0.15) is 0 Å². The number of carboxylic acid groups (broad SMARTS) is 1. The maximum Gasteiger partial charge on any atom is 0.352 e. The number of carbonyl (C=O) groups is 1. The monoisotopic (exact) mass is 272 g/mol. The van der Waals surface area contributed by atoms with Gasteiger partial charge in [0.15, 0.2) is 0 Å². The summed E-state index contributed by atoms with van der Waals surface area (Å²) in [6.07, 6.45) is 1.80. The number of para-hydroxylation sites is 1. The van der Waals surface area contributed by atoms with E-state index in [0.717, 1.165) is 20.8 Å². The zero-order chi connectivity index (χ0) is 13.4. The predicted molar refractivity (Wildman–Crippen MR) is 74.9 cm³/mol. The van der Waals surface area contributed by atoms with Crippen molar-refractivity contribution in [2.75, 3.05) is 0 Å². The number of carboxylic acids is 1. The second-order valence-electron chi connectivity index (χ2n) is 4.36. The number of hydrogen-bond donors (Lipinski definition) is 1. The van der Waals surface area contributed by atoms with E-state index in [9.17, 15) is 9.90 Å². The van der Waals surface area contributed by atoms with Gasteiger partial charge in [0.1, 0.15) is 10.7 Å². The average Bonchev–Trinajstić information content (AvgIpc) is 2.92. The number of aromatic carboxylic acids is 1. The number of hydrogen-bond acceptors (Lipinski definition) is 3. The molecule has 1 aromatic carbocycles. The summed E-state index contributed by atoms with van der Waals surface area (Å²) in [4.78, 5) is 15.8. The molecule has 0 radical (unpaired) electrons. The lowest BCUT2D eigenvalue weighted by atomic mass is 10.3. The van der Waals surface area contributed by atoms with Crippen LogP contribution in [0.15, 0.2) is 36.5 Å². The van der Waals surface area contributed by atoms with E-state index in [4.69, 9.17) is 0 Å². The van der Waals surface area contributed by atoms with Crippen LogP contribution < -0.4 is 0 Å². The Balaban J connectivity index is 1.99. The first-order valence-corrected chi connectivity index (χ1v) is 6.70. The van der Waals surface area contributed by atoms with Crippen molar-refractivity contribution in [1.82, 2.24) is 9.55 Å². The van der Waals surface area contributed by atoms with Crippen molar-refractivity contribution < 1.29 is 9.90 Å². The van der Waals surface area contributed by atoms with E-state index in [0.29, 0.717) is 12.2 Å². The van der Waals surface area contributed by atoms with Gasteiger partial charge in [-0.25, -0.2) is 9.78 Å². The smallest absolute Gasteiger partial charge is 0.352 e. The van der Waals surface area contributed by atoms with Gasteiger partial charge in [-0.15, -0.1) is 11.3 Å². The van der Waals surface area contributed by atoms with Crippen LogP contribution in [0.25, 0.3) is 10.2 Å². The summed E-state index contributed by atoms with van der Waals surface area (Å²) in [6.45, 7) is 2.30. The lowest BCUT2D eigenvalue weighted by molar-refractivity contribution is 0.0685. The molecule has 3 aromatic rings. The first-order valence-electron chi connectivity index (χ1n) is 5.88. The van der Waals surface area contributed by atoms with Crippen LogP contribution in [-0.4, -0.2) is 20.6 Å². The Morgan fingerprint density at radius 1 is 1.37 bits per heavy atom. The van der Waals surface area contributed by atoms with Crippen LogP contribution in [0.3, 0.4) is 0 Å². The summed E-state index contributed by atoms with van der Waals surface area (Å²) in [5.74, 6) is -0.899. The Morgan fingerprint density at radius 3 is 2.89 bits per heavy atom. The Labute approximate surface area is 113 Å². The third-order valence-corrected chi connectivity index (χ3v) is 4.03. The molecule has 0 unspecified atom stereocenters. The third-order valence-electron chi connectivity index (χ3n) is 3.01. The van der Waals surface area contributed by atoms with Gasteiger partial charge in [0.25, 0.3) is 0 Å². The second kappa shape index (κ2) is 4.51. The van der Waals surface area contributed by atoms with E-state index >= 15 is 0 Å². The summed E-state index contributed by atoms with van der Waals surface area (Å²) in [7, 11) is 0. The molecule has 0 atom stereocenters.